The van der Waals surface area contributed by atoms with Gasteiger partial charge in [0.15, 0.2) is 0 Å². The third-order valence-corrected chi connectivity index (χ3v) is 4.61. The summed E-state index contributed by atoms with van der Waals surface area (Å²) in [6.07, 6.45) is 0.921. The number of rotatable bonds is 4. The van der Waals surface area contributed by atoms with Gasteiger partial charge < -0.3 is 9.84 Å². The molecule has 7 heteroatoms. The summed E-state index contributed by atoms with van der Waals surface area (Å²) < 4.78 is 33.0. The second kappa shape index (κ2) is 5.42. The second-order valence-electron chi connectivity index (χ2n) is 5.95. The number of nitrogens with one attached hydrogen (secondary N) is 1. The van der Waals surface area contributed by atoms with E-state index in [-0.39, 0.29) is 6.54 Å². The van der Waals surface area contributed by atoms with Crippen molar-refractivity contribution in [2.24, 2.45) is 0 Å². The number of hydrogen-bond donors (Lipinski definition) is 2. The van der Waals surface area contributed by atoms with E-state index in [4.69, 9.17) is 4.74 Å². The lowest BCUT2D eigenvalue weighted by atomic mass is 9.95. The number of hydrogen-bond acceptors (Lipinski definition) is 4. The Balaban J connectivity index is 2.66. The molecule has 0 aromatic rings. The van der Waals surface area contributed by atoms with Gasteiger partial charge in [-0.2, -0.15) is 17.4 Å². The lowest BCUT2D eigenvalue weighted by Crippen LogP contribution is -2.53. The van der Waals surface area contributed by atoms with Crippen LogP contribution in [0.15, 0.2) is 0 Å². The smallest absolute Gasteiger partial charge is 0.279 e. The van der Waals surface area contributed by atoms with Gasteiger partial charge in [0.05, 0.1) is 5.60 Å². The van der Waals surface area contributed by atoms with Crippen LogP contribution < -0.4 is 4.72 Å². The van der Waals surface area contributed by atoms with Gasteiger partial charge in [0.2, 0.25) is 0 Å². The van der Waals surface area contributed by atoms with Crippen molar-refractivity contribution in [3.63, 3.8) is 0 Å². The Morgan fingerprint density at radius 1 is 1.33 bits per heavy atom. The average Bonchev–Trinajstić information content (AvgIpc) is 2.14. The summed E-state index contributed by atoms with van der Waals surface area (Å²) in [6.45, 7) is 6.36. The van der Waals surface area contributed by atoms with Crippen LogP contribution in [0.3, 0.4) is 0 Å². The van der Waals surface area contributed by atoms with E-state index in [0.29, 0.717) is 26.1 Å². The van der Waals surface area contributed by atoms with Crippen LogP contribution in [0.4, 0.5) is 0 Å². The maximum absolute atomic E-state index is 12.0. The molecule has 0 aromatic heterocycles. The molecule has 0 atom stereocenters. The maximum atomic E-state index is 12.0. The zero-order chi connectivity index (χ0) is 14.0. The lowest BCUT2D eigenvalue weighted by molar-refractivity contribution is -0.0691. The van der Waals surface area contributed by atoms with Crippen molar-refractivity contribution in [3.8, 4) is 0 Å². The highest BCUT2D eigenvalue weighted by Crippen LogP contribution is 2.22. The molecule has 1 fully saturated rings. The summed E-state index contributed by atoms with van der Waals surface area (Å²) >= 11 is 0. The molecule has 1 aliphatic heterocycles. The molecule has 0 unspecified atom stereocenters. The maximum Gasteiger partial charge on any atom is 0.279 e. The first kappa shape index (κ1) is 15.8. The summed E-state index contributed by atoms with van der Waals surface area (Å²) in [5.74, 6) is 0. The Labute approximate surface area is 109 Å². The molecule has 0 spiro atoms. The first-order valence-electron chi connectivity index (χ1n) is 6.10. The van der Waals surface area contributed by atoms with Crippen molar-refractivity contribution < 1.29 is 18.3 Å². The zero-order valence-corrected chi connectivity index (χ0v) is 12.4. The van der Waals surface area contributed by atoms with Crippen LogP contribution in [-0.4, -0.2) is 55.8 Å². The van der Waals surface area contributed by atoms with Crippen LogP contribution in [0.2, 0.25) is 0 Å². The van der Waals surface area contributed by atoms with Crippen molar-refractivity contribution >= 4 is 10.2 Å². The Kier molecular flexibility index (Phi) is 4.77. The molecule has 108 valence electrons. The van der Waals surface area contributed by atoms with Crippen molar-refractivity contribution in [1.82, 2.24) is 9.03 Å². The van der Waals surface area contributed by atoms with Crippen LogP contribution in [0, 0.1) is 0 Å². The van der Waals surface area contributed by atoms with Crippen LogP contribution >= 0.6 is 0 Å². The molecule has 2 N–H and O–H groups in total. The Bertz CT molecular complexity index is 369. The predicted molar refractivity (Wildman–Crippen MR) is 69.4 cm³/mol. The molecule has 0 saturated carbocycles. The Morgan fingerprint density at radius 2 is 1.83 bits per heavy atom. The fraction of sp³-hybridized carbons (Fsp3) is 1.00. The van der Waals surface area contributed by atoms with E-state index in [9.17, 15) is 13.5 Å². The van der Waals surface area contributed by atoms with E-state index in [1.54, 1.807) is 20.8 Å². The van der Waals surface area contributed by atoms with Gasteiger partial charge in [-0.1, -0.05) is 0 Å². The van der Waals surface area contributed by atoms with Gasteiger partial charge in [0, 0.05) is 45.2 Å². The van der Waals surface area contributed by atoms with Gasteiger partial charge in [0.25, 0.3) is 10.2 Å². The van der Waals surface area contributed by atoms with Gasteiger partial charge in [-0.15, -0.1) is 0 Å². The van der Waals surface area contributed by atoms with Gasteiger partial charge in [-0.25, -0.2) is 0 Å². The van der Waals surface area contributed by atoms with Gasteiger partial charge >= 0.3 is 0 Å². The molecule has 1 aliphatic rings. The molecule has 18 heavy (non-hydrogen) atoms. The molecule has 0 aromatic carbocycles. The predicted octanol–water partition coefficient (Wildman–Crippen LogP) is 0.0926. The minimum Gasteiger partial charge on any atom is -0.388 e. The highest BCUT2D eigenvalue weighted by Gasteiger charge is 2.35. The Morgan fingerprint density at radius 3 is 2.28 bits per heavy atom. The third-order valence-electron chi connectivity index (χ3n) is 2.79. The molecule has 6 nitrogen and oxygen atoms in total. The van der Waals surface area contributed by atoms with Crippen LogP contribution in [0.1, 0.15) is 33.6 Å². The molecule has 0 bridgehead atoms. The second-order valence-corrected chi connectivity index (χ2v) is 7.73. The van der Waals surface area contributed by atoms with E-state index in [1.807, 2.05) is 0 Å². The first-order valence-corrected chi connectivity index (χ1v) is 7.54. The summed E-state index contributed by atoms with van der Waals surface area (Å²) in [5, 5.41) is 10.3. The molecular weight excluding hydrogens is 256 g/mol. The summed E-state index contributed by atoms with van der Waals surface area (Å²) in [6, 6.07) is 0. The number of nitrogens with zero attached hydrogens (tertiary/aromatic N) is 1. The number of ether oxygens (including phenoxy) is 1. The first-order chi connectivity index (χ1) is 8.04. The number of aliphatic hydroxyl groups is 1. The van der Waals surface area contributed by atoms with E-state index in [2.05, 4.69) is 4.72 Å². The summed E-state index contributed by atoms with van der Waals surface area (Å²) in [7, 11) is -2.10. The lowest BCUT2D eigenvalue weighted by Gasteiger charge is -2.35. The van der Waals surface area contributed by atoms with E-state index in [1.165, 1.54) is 11.4 Å². The summed E-state index contributed by atoms with van der Waals surface area (Å²) in [5.41, 5.74) is -1.52. The van der Waals surface area contributed by atoms with Gasteiger partial charge in [-0.3, -0.25) is 0 Å². The molecular formula is C11H24N2O4S. The molecule has 1 rings (SSSR count). The highest BCUT2D eigenvalue weighted by molar-refractivity contribution is 7.87. The van der Waals surface area contributed by atoms with Crippen LogP contribution in [0.5, 0.6) is 0 Å². The molecule has 1 heterocycles. The number of likely N-dealkylation sites (N-methyl/N-ethyl adjacent to an activating group) is 1. The monoisotopic (exact) mass is 280 g/mol. The highest BCUT2D eigenvalue weighted by atomic mass is 32.2. The fourth-order valence-electron chi connectivity index (χ4n) is 1.87. The summed E-state index contributed by atoms with van der Waals surface area (Å²) in [4.78, 5) is 0. The normalized spacial score (nSPS) is 21.2. The van der Waals surface area contributed by atoms with Crippen LogP contribution in [-0.2, 0) is 14.9 Å². The standard InChI is InChI=1S/C11H24N2O4S/c1-10(2,3)12-18(15,16)13(4)9-11(14)5-7-17-8-6-11/h12,14H,5-9H2,1-4H3. The van der Waals surface area contributed by atoms with E-state index in [0.717, 1.165) is 0 Å². The van der Waals surface area contributed by atoms with Crippen molar-refractivity contribution in [1.29, 1.82) is 0 Å². The van der Waals surface area contributed by atoms with Crippen molar-refractivity contribution in [2.45, 2.75) is 44.8 Å². The zero-order valence-electron chi connectivity index (χ0n) is 11.6. The molecule has 0 radical (unpaired) electrons. The fourth-order valence-corrected chi connectivity index (χ4v) is 3.21. The quantitative estimate of drug-likeness (QED) is 0.765. The minimum atomic E-state index is -3.57. The molecule has 0 aliphatic carbocycles. The van der Waals surface area contributed by atoms with Crippen molar-refractivity contribution in [3.05, 3.63) is 0 Å². The van der Waals surface area contributed by atoms with Crippen molar-refractivity contribution in [2.75, 3.05) is 26.8 Å². The molecule has 0 amide bonds. The largest absolute Gasteiger partial charge is 0.388 e. The third kappa shape index (κ3) is 4.81. The minimum absolute atomic E-state index is 0.0851. The topological polar surface area (TPSA) is 78.9 Å². The van der Waals surface area contributed by atoms with Gasteiger partial charge in [-0.05, 0) is 20.8 Å². The molecule has 1 saturated heterocycles. The average molecular weight is 280 g/mol. The van der Waals surface area contributed by atoms with Crippen LogP contribution in [0.25, 0.3) is 0 Å². The Hall–Kier alpha value is -0.210. The van der Waals surface area contributed by atoms with Gasteiger partial charge in [0.1, 0.15) is 0 Å². The van der Waals surface area contributed by atoms with E-state index < -0.39 is 21.3 Å². The SMILES string of the molecule is CN(CC1(O)CCOCC1)S(=O)(=O)NC(C)(C)C. The van der Waals surface area contributed by atoms with E-state index >= 15 is 0 Å².